The van der Waals surface area contributed by atoms with Crippen LogP contribution in [0.4, 0.5) is 5.13 Å². The number of ether oxygens (including phenoxy) is 2. The number of hydrogen-bond acceptors (Lipinski definition) is 8. The first-order chi connectivity index (χ1) is 18.8. The van der Waals surface area contributed by atoms with Gasteiger partial charge in [-0.25, -0.2) is 9.78 Å². The number of aromatic nitrogens is 1. The number of carbonyl (C=O) groups is 2. The Morgan fingerprint density at radius 3 is 2.59 bits per heavy atom. The molecule has 3 atom stereocenters. The first-order valence-electron chi connectivity index (χ1n) is 13.3. The Morgan fingerprint density at radius 1 is 1.15 bits per heavy atom. The van der Waals surface area contributed by atoms with Gasteiger partial charge in [0.25, 0.3) is 0 Å². The van der Waals surface area contributed by atoms with Gasteiger partial charge in [0.05, 0.1) is 50.8 Å². The number of ketones is 1. The second kappa shape index (κ2) is 10.7. The maximum atomic E-state index is 13.2. The second-order valence-electron chi connectivity index (χ2n) is 10.4. The van der Waals surface area contributed by atoms with Gasteiger partial charge in [-0.05, 0) is 62.9 Å². The molecule has 3 aliphatic rings. The topological polar surface area (TPSA) is 94.7 Å². The maximum Gasteiger partial charge on any atom is 0.338 e. The van der Waals surface area contributed by atoms with Crippen molar-refractivity contribution < 1.29 is 19.1 Å². The van der Waals surface area contributed by atoms with Gasteiger partial charge in [-0.15, -0.1) is 0 Å². The van der Waals surface area contributed by atoms with Crippen LogP contribution < -0.4 is 10.6 Å². The van der Waals surface area contributed by atoms with E-state index in [9.17, 15) is 9.59 Å². The molecule has 0 unspecified atom stereocenters. The Kier molecular flexibility index (Phi) is 7.31. The number of nitrogens with zero attached hydrogens (tertiary/aromatic N) is 2. The molecule has 0 spiro atoms. The lowest BCUT2D eigenvalue weighted by atomic mass is 10.0. The monoisotopic (exact) mass is 585 g/mol. The zero-order chi connectivity index (χ0) is 27.3. The predicted octanol–water partition coefficient (Wildman–Crippen LogP) is 6.11. The van der Waals surface area contributed by atoms with Crippen LogP contribution >= 0.6 is 34.5 Å². The van der Waals surface area contributed by atoms with Crippen molar-refractivity contribution in [2.45, 2.75) is 44.8 Å². The maximum absolute atomic E-state index is 13.2. The Balaban J connectivity index is 1.16. The fourth-order valence-electron chi connectivity index (χ4n) is 5.69. The van der Waals surface area contributed by atoms with Gasteiger partial charge in [0.1, 0.15) is 0 Å². The summed E-state index contributed by atoms with van der Waals surface area (Å²) in [6, 6.07) is 11.0. The molecule has 0 amide bonds. The molecule has 0 radical (unpaired) electrons. The molecule has 1 aliphatic heterocycles. The van der Waals surface area contributed by atoms with E-state index in [2.05, 4.69) is 4.90 Å². The number of hydrogen-bond donors (Lipinski definition) is 1. The van der Waals surface area contributed by atoms with Crippen molar-refractivity contribution in [3.63, 3.8) is 0 Å². The summed E-state index contributed by atoms with van der Waals surface area (Å²) in [6.07, 6.45) is 3.65. The summed E-state index contributed by atoms with van der Waals surface area (Å²) in [4.78, 5) is 32.5. The molecule has 3 aromatic rings. The van der Waals surface area contributed by atoms with Crippen LogP contribution in [0.15, 0.2) is 42.0 Å². The van der Waals surface area contributed by atoms with Gasteiger partial charge in [0.15, 0.2) is 10.9 Å². The van der Waals surface area contributed by atoms with E-state index in [0.717, 1.165) is 47.6 Å². The van der Waals surface area contributed by atoms with Crippen LogP contribution in [0.5, 0.6) is 0 Å². The molecule has 39 heavy (non-hydrogen) atoms. The molecule has 204 valence electrons. The van der Waals surface area contributed by atoms with E-state index in [0.29, 0.717) is 51.0 Å². The van der Waals surface area contributed by atoms with Crippen molar-refractivity contribution in [3.05, 3.63) is 63.1 Å². The van der Waals surface area contributed by atoms with Crippen LogP contribution in [0.2, 0.25) is 10.0 Å². The molecule has 2 heterocycles. The van der Waals surface area contributed by atoms with Crippen molar-refractivity contribution in [2.75, 3.05) is 24.7 Å². The van der Waals surface area contributed by atoms with Gasteiger partial charge < -0.3 is 20.1 Å². The number of nitrogens with two attached hydrogens (primary N) is 1. The summed E-state index contributed by atoms with van der Waals surface area (Å²) in [5, 5.41) is 1.79. The lowest BCUT2D eigenvalue weighted by molar-refractivity contribution is -0.117. The number of Topliss-reactive ketones (excluding diaryl/α,β-unsaturated/α-hetero) is 1. The van der Waals surface area contributed by atoms with E-state index in [-0.39, 0.29) is 30.4 Å². The van der Waals surface area contributed by atoms with Crippen molar-refractivity contribution in [3.8, 4) is 0 Å². The zero-order valence-corrected chi connectivity index (χ0v) is 23.8. The highest BCUT2D eigenvalue weighted by atomic mass is 35.5. The highest BCUT2D eigenvalue weighted by Crippen LogP contribution is 2.44. The molecule has 2 aliphatic carbocycles. The van der Waals surface area contributed by atoms with Gasteiger partial charge >= 0.3 is 5.97 Å². The first-order valence-corrected chi connectivity index (χ1v) is 14.8. The van der Waals surface area contributed by atoms with Gasteiger partial charge in [-0.1, -0.05) is 40.6 Å². The first kappa shape index (κ1) is 26.6. The number of carbonyl (C=O) groups excluding carboxylic acids is 2. The van der Waals surface area contributed by atoms with Crippen molar-refractivity contribution in [1.82, 2.24) is 4.98 Å². The fourth-order valence-corrected chi connectivity index (χ4v) is 7.38. The van der Waals surface area contributed by atoms with Gasteiger partial charge in [0.2, 0.25) is 0 Å². The van der Waals surface area contributed by atoms with Crippen LogP contribution in [-0.2, 0) is 14.3 Å². The lowest BCUT2D eigenvalue weighted by Gasteiger charge is -2.31. The molecular weight excluding hydrogens is 557 g/mol. The SMILES string of the molecule is CCOC(=O)c1ccc2nc(N3C[C@@H]4C[C@H]3C[C@H]4OCC(C(=O)C3CC3)=C(N)c3c(Cl)cccc3Cl)sc2c1. The number of esters is 1. The number of anilines is 1. The largest absolute Gasteiger partial charge is 0.462 e. The van der Waals surface area contributed by atoms with Crippen LogP contribution in [0.1, 0.15) is 48.5 Å². The average Bonchev–Trinajstić information content (AvgIpc) is 3.37. The third-order valence-corrected chi connectivity index (χ3v) is 9.54. The van der Waals surface area contributed by atoms with E-state index in [1.54, 1.807) is 42.5 Å². The van der Waals surface area contributed by atoms with Crippen molar-refractivity contribution >= 4 is 67.3 Å². The minimum atomic E-state index is -0.319. The number of fused-ring (bicyclic) bond motifs is 3. The van der Waals surface area contributed by atoms with Gasteiger partial charge in [-0.2, -0.15) is 0 Å². The van der Waals surface area contributed by atoms with E-state index in [1.165, 1.54) is 0 Å². The molecular formula is C29H29Cl2N3O4S. The van der Waals surface area contributed by atoms with E-state index >= 15 is 0 Å². The van der Waals surface area contributed by atoms with Crippen LogP contribution in [0.3, 0.4) is 0 Å². The number of thiazole rings is 1. The summed E-state index contributed by atoms with van der Waals surface area (Å²) in [5.41, 5.74) is 9.20. The van der Waals surface area contributed by atoms with E-state index in [4.69, 9.17) is 43.4 Å². The molecule has 2 N–H and O–H groups in total. The predicted molar refractivity (Wildman–Crippen MR) is 154 cm³/mol. The Morgan fingerprint density at radius 2 is 1.92 bits per heavy atom. The molecule has 10 heteroatoms. The second-order valence-corrected chi connectivity index (χ2v) is 12.2. The molecule has 7 nitrogen and oxygen atoms in total. The fraction of sp³-hybridized carbons (Fsp3) is 0.414. The quantitative estimate of drug-likeness (QED) is 0.239. The summed E-state index contributed by atoms with van der Waals surface area (Å²) >= 11 is 14.4. The van der Waals surface area contributed by atoms with E-state index in [1.807, 2.05) is 12.1 Å². The summed E-state index contributed by atoms with van der Waals surface area (Å²) in [7, 11) is 0. The number of piperidine rings is 1. The standard InChI is InChI=1S/C29H29Cl2N3O4S/c1-2-37-28(36)16-8-9-22-24(11-16)39-29(33-22)34-13-17-10-18(34)12-23(17)38-14-19(27(35)15-6-7-15)26(32)25-20(30)4-3-5-21(25)31/h3-5,8-9,11,15,17-18,23H,2,6-7,10,12-14,32H2,1H3/t17-,18-,23+/m0/s1. The third kappa shape index (κ3) is 5.15. The molecule has 2 bridgehead atoms. The minimum absolute atomic E-state index is 0.00214. The van der Waals surface area contributed by atoms with Crippen molar-refractivity contribution in [1.29, 1.82) is 0 Å². The minimum Gasteiger partial charge on any atom is -0.462 e. The molecule has 2 aromatic carbocycles. The number of benzene rings is 2. The highest BCUT2D eigenvalue weighted by Gasteiger charge is 2.46. The van der Waals surface area contributed by atoms with Crippen LogP contribution in [-0.4, -0.2) is 48.6 Å². The summed E-state index contributed by atoms with van der Waals surface area (Å²) < 4.78 is 12.5. The molecule has 2 saturated carbocycles. The molecule has 6 rings (SSSR count). The third-order valence-electron chi connectivity index (χ3n) is 7.86. The Hall–Kier alpha value is -2.65. The average molecular weight is 587 g/mol. The van der Waals surface area contributed by atoms with E-state index < -0.39 is 0 Å². The zero-order valence-electron chi connectivity index (χ0n) is 21.5. The number of halogens is 2. The summed E-state index contributed by atoms with van der Waals surface area (Å²) in [5.74, 6) is 0.0485. The summed E-state index contributed by atoms with van der Waals surface area (Å²) in [6.45, 7) is 3.12. The van der Waals surface area contributed by atoms with Gasteiger partial charge in [-0.3, -0.25) is 4.79 Å². The normalized spacial score (nSPS) is 22.8. The number of rotatable bonds is 9. The van der Waals surface area contributed by atoms with Crippen molar-refractivity contribution in [2.24, 2.45) is 17.6 Å². The molecule has 1 aromatic heterocycles. The molecule has 3 fully saturated rings. The van der Waals surface area contributed by atoms with Gasteiger partial charge in [0, 0.05) is 35.6 Å². The molecule has 1 saturated heterocycles. The lowest BCUT2D eigenvalue weighted by Crippen LogP contribution is -2.39. The highest BCUT2D eigenvalue weighted by molar-refractivity contribution is 7.22. The van der Waals surface area contributed by atoms with Crippen LogP contribution in [0.25, 0.3) is 15.9 Å². The Labute approximate surface area is 240 Å². The smallest absolute Gasteiger partial charge is 0.338 e. The Bertz CT molecular complexity index is 1460. The van der Waals surface area contributed by atoms with Crippen LogP contribution in [0, 0.1) is 11.8 Å².